The highest BCUT2D eigenvalue weighted by atomic mass is 19.4. The Kier molecular flexibility index (Phi) is 4.09. The molecule has 0 saturated heterocycles. The Morgan fingerprint density at radius 1 is 1.22 bits per heavy atom. The summed E-state index contributed by atoms with van der Waals surface area (Å²) in [5.74, 6) is -0.813. The quantitative estimate of drug-likeness (QED) is 0.855. The summed E-state index contributed by atoms with van der Waals surface area (Å²) in [6.45, 7) is 4.97. The zero-order valence-corrected chi connectivity index (χ0v) is 13.2. The largest absolute Gasteiger partial charge is 0.507 e. The van der Waals surface area contributed by atoms with Gasteiger partial charge in [-0.2, -0.15) is 13.2 Å². The monoisotopic (exact) mass is 330 g/mol. The number of rotatable bonds is 3. The molecule has 126 valence electrons. The second-order valence-electron chi connectivity index (χ2n) is 5.96. The third kappa shape index (κ3) is 3.43. The van der Waals surface area contributed by atoms with Crippen LogP contribution in [0.2, 0.25) is 0 Å². The Labute approximate surface area is 131 Å². The molecule has 0 bridgehead atoms. The van der Waals surface area contributed by atoms with Crippen molar-refractivity contribution >= 4 is 11.5 Å². The zero-order valence-electron chi connectivity index (χ0n) is 13.2. The molecule has 0 unspecified atom stereocenters. The fourth-order valence-corrected chi connectivity index (χ4v) is 2.52. The number of benzene rings is 1. The highest BCUT2D eigenvalue weighted by Gasteiger charge is 2.42. The van der Waals surface area contributed by atoms with Gasteiger partial charge < -0.3 is 14.6 Å². The van der Waals surface area contributed by atoms with E-state index in [-0.39, 0.29) is 17.1 Å². The first-order valence-corrected chi connectivity index (χ1v) is 6.90. The van der Waals surface area contributed by atoms with Gasteiger partial charge in [0.25, 0.3) is 0 Å². The summed E-state index contributed by atoms with van der Waals surface area (Å²) in [5.41, 5.74) is 0.373. The maximum Gasteiger partial charge on any atom is 0.422 e. The summed E-state index contributed by atoms with van der Waals surface area (Å²) in [4.78, 5) is 12.0. The van der Waals surface area contributed by atoms with Gasteiger partial charge in [0.2, 0.25) is 0 Å². The SMILES string of the molecule is Cc1cc(OCC(F)(F)F)cc(C)c1C1=C(O)C(C)(C)OC1=O. The molecule has 1 aliphatic rings. The summed E-state index contributed by atoms with van der Waals surface area (Å²) in [5, 5.41) is 10.2. The molecule has 2 rings (SSSR count). The highest BCUT2D eigenvalue weighted by molar-refractivity contribution is 6.20. The van der Waals surface area contributed by atoms with E-state index in [9.17, 15) is 23.1 Å². The summed E-state index contributed by atoms with van der Waals surface area (Å²) >= 11 is 0. The molecule has 1 aromatic rings. The Morgan fingerprint density at radius 2 is 1.74 bits per heavy atom. The van der Waals surface area contributed by atoms with Crippen LogP contribution in [0.15, 0.2) is 17.9 Å². The predicted molar refractivity (Wildman–Crippen MR) is 77.2 cm³/mol. The van der Waals surface area contributed by atoms with Crippen LogP contribution < -0.4 is 4.74 Å². The van der Waals surface area contributed by atoms with Gasteiger partial charge in [-0.05, 0) is 56.5 Å². The summed E-state index contributed by atoms with van der Waals surface area (Å²) in [6, 6.07) is 2.79. The van der Waals surface area contributed by atoms with Crippen LogP contribution in [0.1, 0.15) is 30.5 Å². The van der Waals surface area contributed by atoms with Crippen molar-refractivity contribution in [2.75, 3.05) is 6.61 Å². The summed E-state index contributed by atoms with van der Waals surface area (Å²) in [7, 11) is 0. The van der Waals surface area contributed by atoms with Crippen molar-refractivity contribution < 1.29 is 32.5 Å². The third-order valence-corrected chi connectivity index (χ3v) is 3.52. The van der Waals surface area contributed by atoms with Crippen molar-refractivity contribution in [2.24, 2.45) is 0 Å². The first-order valence-electron chi connectivity index (χ1n) is 6.90. The lowest BCUT2D eigenvalue weighted by Crippen LogP contribution is -2.22. The van der Waals surface area contributed by atoms with Gasteiger partial charge in [0, 0.05) is 0 Å². The molecule has 0 fully saturated rings. The number of aliphatic hydroxyl groups is 1. The van der Waals surface area contributed by atoms with Gasteiger partial charge in [-0.15, -0.1) is 0 Å². The Morgan fingerprint density at radius 3 is 2.13 bits per heavy atom. The van der Waals surface area contributed by atoms with Crippen LogP contribution in [0.3, 0.4) is 0 Å². The molecular weight excluding hydrogens is 313 g/mol. The van der Waals surface area contributed by atoms with Crippen LogP contribution in [0.5, 0.6) is 5.75 Å². The fourth-order valence-electron chi connectivity index (χ4n) is 2.52. The molecule has 4 nitrogen and oxygen atoms in total. The number of aryl methyl sites for hydroxylation is 2. The van der Waals surface area contributed by atoms with Gasteiger partial charge in [-0.1, -0.05) is 0 Å². The average molecular weight is 330 g/mol. The van der Waals surface area contributed by atoms with E-state index in [1.807, 2.05) is 0 Å². The highest BCUT2D eigenvalue weighted by Crippen LogP contribution is 2.39. The lowest BCUT2D eigenvalue weighted by Gasteiger charge is -2.16. The van der Waals surface area contributed by atoms with Crippen LogP contribution in [-0.2, 0) is 9.53 Å². The molecule has 1 N–H and O–H groups in total. The van der Waals surface area contributed by atoms with E-state index in [2.05, 4.69) is 0 Å². The average Bonchev–Trinajstić information content (AvgIpc) is 2.57. The Balaban J connectivity index is 2.43. The van der Waals surface area contributed by atoms with Crippen molar-refractivity contribution in [2.45, 2.75) is 39.5 Å². The molecule has 0 saturated carbocycles. The van der Waals surface area contributed by atoms with Gasteiger partial charge in [-0.3, -0.25) is 0 Å². The first kappa shape index (κ1) is 17.2. The van der Waals surface area contributed by atoms with Crippen LogP contribution in [0.25, 0.3) is 5.57 Å². The van der Waals surface area contributed by atoms with Crippen molar-refractivity contribution in [1.82, 2.24) is 0 Å². The van der Waals surface area contributed by atoms with Crippen LogP contribution >= 0.6 is 0 Å². The predicted octanol–water partition coefficient (Wildman–Crippen LogP) is 3.85. The third-order valence-electron chi connectivity index (χ3n) is 3.52. The van der Waals surface area contributed by atoms with E-state index in [1.54, 1.807) is 27.7 Å². The molecule has 1 aromatic carbocycles. The maximum atomic E-state index is 12.2. The lowest BCUT2D eigenvalue weighted by atomic mass is 9.92. The normalized spacial score (nSPS) is 17.4. The minimum Gasteiger partial charge on any atom is -0.507 e. The fraction of sp³-hybridized carbons (Fsp3) is 0.438. The van der Waals surface area contributed by atoms with E-state index in [4.69, 9.17) is 9.47 Å². The van der Waals surface area contributed by atoms with Crippen molar-refractivity contribution in [3.05, 3.63) is 34.6 Å². The molecule has 0 aliphatic carbocycles. The number of cyclic esters (lactones) is 1. The molecule has 23 heavy (non-hydrogen) atoms. The molecule has 0 aromatic heterocycles. The summed E-state index contributed by atoms with van der Waals surface area (Å²) in [6.07, 6.45) is -4.43. The number of ether oxygens (including phenoxy) is 2. The number of carbonyl (C=O) groups is 1. The van der Waals surface area contributed by atoms with Gasteiger partial charge in [0.1, 0.15) is 11.3 Å². The van der Waals surface area contributed by atoms with E-state index in [1.165, 1.54) is 12.1 Å². The zero-order chi connectivity index (χ0) is 17.6. The Hall–Kier alpha value is -2.18. The van der Waals surface area contributed by atoms with Crippen LogP contribution in [0, 0.1) is 13.8 Å². The summed E-state index contributed by atoms with van der Waals surface area (Å²) < 4.78 is 46.5. The topological polar surface area (TPSA) is 55.8 Å². The first-order chi connectivity index (χ1) is 10.4. The molecule has 0 spiro atoms. The number of hydrogen-bond acceptors (Lipinski definition) is 4. The maximum absolute atomic E-state index is 12.2. The standard InChI is InChI=1S/C16H17F3O4/c1-8-5-10(22-7-16(17,18)19)6-9(2)11(8)12-13(20)15(3,4)23-14(12)21/h5-6,20H,7H2,1-4H3. The molecule has 1 heterocycles. The second-order valence-corrected chi connectivity index (χ2v) is 5.96. The minimum absolute atomic E-state index is 0.0346. The van der Waals surface area contributed by atoms with Crippen molar-refractivity contribution in [1.29, 1.82) is 0 Å². The number of carbonyl (C=O) groups excluding carboxylic acids is 1. The molecule has 0 atom stereocenters. The number of halogens is 3. The number of aliphatic hydroxyl groups excluding tert-OH is 1. The van der Waals surface area contributed by atoms with Gasteiger partial charge in [0.15, 0.2) is 18.0 Å². The Bertz CT molecular complexity index is 664. The molecule has 0 amide bonds. The minimum atomic E-state index is -4.43. The van der Waals surface area contributed by atoms with E-state index in [0.29, 0.717) is 16.7 Å². The van der Waals surface area contributed by atoms with E-state index in [0.717, 1.165) is 0 Å². The van der Waals surface area contributed by atoms with Crippen molar-refractivity contribution in [3.63, 3.8) is 0 Å². The molecular formula is C16H17F3O4. The molecule has 1 aliphatic heterocycles. The number of alkyl halides is 3. The molecule has 0 radical (unpaired) electrons. The van der Waals surface area contributed by atoms with E-state index >= 15 is 0 Å². The number of hydrogen-bond donors (Lipinski definition) is 1. The van der Waals surface area contributed by atoms with Gasteiger partial charge >= 0.3 is 12.1 Å². The smallest absolute Gasteiger partial charge is 0.422 e. The van der Waals surface area contributed by atoms with Gasteiger partial charge in [-0.25, -0.2) is 4.79 Å². The van der Waals surface area contributed by atoms with Gasteiger partial charge in [0.05, 0.1) is 0 Å². The molecule has 7 heteroatoms. The second kappa shape index (κ2) is 5.47. The lowest BCUT2D eigenvalue weighted by molar-refractivity contribution is -0.153. The van der Waals surface area contributed by atoms with Crippen molar-refractivity contribution in [3.8, 4) is 5.75 Å². The van der Waals surface area contributed by atoms with Crippen LogP contribution in [-0.4, -0.2) is 29.5 Å². The van der Waals surface area contributed by atoms with E-state index < -0.39 is 24.4 Å². The van der Waals surface area contributed by atoms with Crippen LogP contribution in [0.4, 0.5) is 13.2 Å². The number of esters is 1.